The quantitative estimate of drug-likeness (QED) is 0.783. The molecular weight excluding hydrogens is 352 g/mol. The molecule has 28 heavy (non-hydrogen) atoms. The van der Waals surface area contributed by atoms with Gasteiger partial charge in [-0.3, -0.25) is 4.79 Å². The van der Waals surface area contributed by atoms with Crippen molar-refractivity contribution in [3.8, 4) is 5.75 Å². The number of benzene rings is 1. The van der Waals surface area contributed by atoms with Gasteiger partial charge in [0.2, 0.25) is 5.95 Å². The van der Waals surface area contributed by atoms with E-state index in [1.165, 1.54) is 6.42 Å². The second-order valence-corrected chi connectivity index (χ2v) is 7.59. The minimum Gasteiger partial charge on any atom is -0.491 e. The van der Waals surface area contributed by atoms with E-state index in [9.17, 15) is 4.79 Å². The Bertz CT molecular complexity index is 805. The smallest absolute Gasteiger partial charge is 0.272 e. The van der Waals surface area contributed by atoms with Crippen LogP contribution < -0.4 is 10.1 Å². The summed E-state index contributed by atoms with van der Waals surface area (Å²) in [6.45, 7) is 8.83. The van der Waals surface area contributed by atoms with Gasteiger partial charge in [0.15, 0.2) is 0 Å². The van der Waals surface area contributed by atoms with E-state index in [1.807, 2.05) is 49.9 Å². The molecule has 3 rings (SSSR count). The number of amides is 1. The molecule has 6 heteroatoms. The summed E-state index contributed by atoms with van der Waals surface area (Å²) < 4.78 is 5.67. The van der Waals surface area contributed by atoms with Gasteiger partial charge in [0, 0.05) is 24.0 Å². The van der Waals surface area contributed by atoms with Gasteiger partial charge in [0.25, 0.3) is 5.91 Å². The van der Waals surface area contributed by atoms with Crippen LogP contribution in [0.15, 0.2) is 30.3 Å². The Morgan fingerprint density at radius 2 is 2.00 bits per heavy atom. The van der Waals surface area contributed by atoms with Crippen molar-refractivity contribution in [3.63, 3.8) is 0 Å². The number of ether oxygens (including phenoxy) is 1. The molecule has 1 atom stereocenters. The van der Waals surface area contributed by atoms with Crippen LogP contribution in [0.5, 0.6) is 5.75 Å². The number of hydrogen-bond donors (Lipinski definition) is 1. The van der Waals surface area contributed by atoms with Crippen molar-refractivity contribution in [1.82, 2.24) is 14.9 Å². The molecule has 1 amide bonds. The van der Waals surface area contributed by atoms with Gasteiger partial charge in [-0.1, -0.05) is 6.92 Å². The van der Waals surface area contributed by atoms with Crippen LogP contribution in [0.1, 0.15) is 62.6 Å². The zero-order valence-corrected chi connectivity index (χ0v) is 17.2. The molecule has 0 spiro atoms. The van der Waals surface area contributed by atoms with Crippen molar-refractivity contribution in [1.29, 1.82) is 0 Å². The van der Waals surface area contributed by atoms with E-state index in [4.69, 9.17) is 4.74 Å². The number of aromatic nitrogens is 2. The van der Waals surface area contributed by atoms with Crippen LogP contribution in [0, 0.1) is 6.92 Å². The first kappa shape index (κ1) is 20.1. The van der Waals surface area contributed by atoms with Crippen LogP contribution in [0.2, 0.25) is 0 Å². The van der Waals surface area contributed by atoms with Crippen LogP contribution in [-0.2, 0) is 0 Å². The first-order valence-electron chi connectivity index (χ1n) is 10.2. The third-order valence-electron chi connectivity index (χ3n) is 4.91. The second kappa shape index (κ2) is 9.04. The number of nitrogens with zero attached hydrogens (tertiary/aromatic N) is 3. The number of carbonyl (C=O) groups is 1. The summed E-state index contributed by atoms with van der Waals surface area (Å²) in [7, 11) is 0. The van der Waals surface area contributed by atoms with Gasteiger partial charge in [-0.15, -0.1) is 0 Å². The fourth-order valence-electron chi connectivity index (χ4n) is 3.59. The minimum atomic E-state index is 0.000723. The summed E-state index contributed by atoms with van der Waals surface area (Å²) in [5.74, 6) is 1.25. The lowest BCUT2D eigenvalue weighted by molar-refractivity contribution is 0.0601. The van der Waals surface area contributed by atoms with Gasteiger partial charge >= 0.3 is 0 Å². The highest BCUT2D eigenvalue weighted by atomic mass is 16.5. The van der Waals surface area contributed by atoms with E-state index in [-0.39, 0.29) is 12.0 Å². The highest BCUT2D eigenvalue weighted by molar-refractivity contribution is 5.93. The Kier molecular flexibility index (Phi) is 6.49. The molecule has 1 fully saturated rings. The number of aryl methyl sites for hydroxylation is 1. The first-order valence-corrected chi connectivity index (χ1v) is 10.2. The average molecular weight is 383 g/mol. The molecule has 1 saturated heterocycles. The molecule has 0 saturated carbocycles. The summed E-state index contributed by atoms with van der Waals surface area (Å²) in [6.07, 6.45) is 4.43. The van der Waals surface area contributed by atoms with Crippen molar-refractivity contribution in [3.05, 3.63) is 41.7 Å². The van der Waals surface area contributed by atoms with Crippen LogP contribution in [0.25, 0.3) is 0 Å². The monoisotopic (exact) mass is 382 g/mol. The van der Waals surface area contributed by atoms with Crippen LogP contribution in [0.3, 0.4) is 0 Å². The summed E-state index contributed by atoms with van der Waals surface area (Å²) in [6, 6.07) is 9.73. The molecule has 6 nitrogen and oxygen atoms in total. The molecule has 1 aliphatic heterocycles. The Balaban J connectivity index is 1.76. The zero-order chi connectivity index (χ0) is 20.1. The minimum absolute atomic E-state index is 0.000723. The van der Waals surface area contributed by atoms with Gasteiger partial charge < -0.3 is 15.0 Å². The maximum atomic E-state index is 13.1. The lowest BCUT2D eigenvalue weighted by Crippen LogP contribution is -2.43. The number of likely N-dealkylation sites (tertiary alicyclic amines) is 1. The number of carbonyl (C=O) groups excluding carboxylic acids is 1. The summed E-state index contributed by atoms with van der Waals surface area (Å²) in [5, 5.41) is 3.20. The number of hydrogen-bond acceptors (Lipinski definition) is 5. The van der Waals surface area contributed by atoms with E-state index >= 15 is 0 Å². The van der Waals surface area contributed by atoms with E-state index in [1.54, 1.807) is 6.07 Å². The topological polar surface area (TPSA) is 67.4 Å². The van der Waals surface area contributed by atoms with E-state index < -0.39 is 0 Å². The standard InChI is InChI=1S/C22H30N4O2/c1-5-18-8-6-7-13-26(18)21(27)20-14-16(4)23-22(25-20)24-17-9-11-19(12-10-17)28-15(2)3/h9-12,14-15,18H,5-8,13H2,1-4H3,(H,23,24,25). The molecule has 0 radical (unpaired) electrons. The third kappa shape index (κ3) is 5.00. The number of anilines is 2. The van der Waals surface area contributed by atoms with Crippen molar-refractivity contribution in [2.45, 2.75) is 65.5 Å². The maximum Gasteiger partial charge on any atom is 0.272 e. The molecular formula is C22H30N4O2. The molecule has 1 aromatic heterocycles. The lowest BCUT2D eigenvalue weighted by atomic mass is 9.99. The Morgan fingerprint density at radius 1 is 1.25 bits per heavy atom. The SMILES string of the molecule is CCC1CCCCN1C(=O)c1cc(C)nc(Nc2ccc(OC(C)C)cc2)n1. The highest BCUT2D eigenvalue weighted by Crippen LogP contribution is 2.23. The maximum absolute atomic E-state index is 13.1. The Hall–Kier alpha value is -2.63. The summed E-state index contributed by atoms with van der Waals surface area (Å²) >= 11 is 0. The van der Waals surface area contributed by atoms with Crippen LogP contribution in [-0.4, -0.2) is 39.5 Å². The van der Waals surface area contributed by atoms with Gasteiger partial charge in [-0.05, 0) is 76.8 Å². The highest BCUT2D eigenvalue weighted by Gasteiger charge is 2.27. The molecule has 0 aliphatic carbocycles. The largest absolute Gasteiger partial charge is 0.491 e. The van der Waals surface area contributed by atoms with Gasteiger partial charge in [0.05, 0.1) is 6.10 Å². The molecule has 1 aliphatic rings. The first-order chi connectivity index (χ1) is 13.5. The van der Waals surface area contributed by atoms with Crippen molar-refractivity contribution in [2.75, 3.05) is 11.9 Å². The Morgan fingerprint density at radius 3 is 2.68 bits per heavy atom. The average Bonchev–Trinajstić information content (AvgIpc) is 2.68. The molecule has 150 valence electrons. The Labute approximate surface area is 167 Å². The molecule has 1 N–H and O–H groups in total. The number of nitrogens with one attached hydrogen (secondary N) is 1. The summed E-state index contributed by atoms with van der Waals surface area (Å²) in [4.78, 5) is 24.0. The molecule has 2 aromatic rings. The van der Waals surface area contributed by atoms with Crippen molar-refractivity contribution >= 4 is 17.5 Å². The van der Waals surface area contributed by atoms with Gasteiger partial charge in [0.1, 0.15) is 11.4 Å². The van der Waals surface area contributed by atoms with Crippen LogP contribution >= 0.6 is 0 Å². The number of rotatable bonds is 6. The van der Waals surface area contributed by atoms with E-state index in [2.05, 4.69) is 22.2 Å². The molecule has 0 bridgehead atoms. The molecule has 1 unspecified atom stereocenters. The van der Waals surface area contributed by atoms with Crippen LogP contribution in [0.4, 0.5) is 11.6 Å². The normalized spacial score (nSPS) is 16.9. The third-order valence-corrected chi connectivity index (χ3v) is 4.91. The molecule has 1 aromatic carbocycles. The zero-order valence-electron chi connectivity index (χ0n) is 17.2. The fraction of sp³-hybridized carbons (Fsp3) is 0.500. The fourth-order valence-corrected chi connectivity index (χ4v) is 3.59. The predicted molar refractivity (Wildman–Crippen MR) is 111 cm³/mol. The predicted octanol–water partition coefficient (Wildman–Crippen LogP) is 4.72. The van der Waals surface area contributed by atoms with Crippen molar-refractivity contribution < 1.29 is 9.53 Å². The second-order valence-electron chi connectivity index (χ2n) is 7.59. The summed E-state index contributed by atoms with van der Waals surface area (Å²) in [5.41, 5.74) is 2.07. The van der Waals surface area contributed by atoms with Gasteiger partial charge in [-0.25, -0.2) is 9.97 Å². The lowest BCUT2D eigenvalue weighted by Gasteiger charge is -2.35. The van der Waals surface area contributed by atoms with Crippen molar-refractivity contribution in [2.24, 2.45) is 0 Å². The molecule has 2 heterocycles. The van der Waals surface area contributed by atoms with E-state index in [0.717, 1.165) is 42.9 Å². The van der Waals surface area contributed by atoms with Gasteiger partial charge in [-0.2, -0.15) is 0 Å². The number of piperidine rings is 1. The van der Waals surface area contributed by atoms with E-state index in [0.29, 0.717) is 17.7 Å².